The molecule has 0 spiro atoms. The average Bonchev–Trinajstić information content (AvgIpc) is 2.09. The molecule has 3 nitrogen and oxygen atoms in total. The Hall–Kier alpha value is -1.01. The van der Waals surface area contributed by atoms with Gasteiger partial charge in [-0.25, -0.2) is 4.39 Å². The Balaban J connectivity index is 2.85. The fraction of sp³-hybridized carbons (Fsp3) is 0. The molecule has 0 aliphatic rings. The molecule has 0 saturated heterocycles. The number of thiocarbonyl (C=S) groups is 1. The van der Waals surface area contributed by atoms with E-state index in [0.29, 0.717) is 10.0 Å². The summed E-state index contributed by atoms with van der Waals surface area (Å²) in [6, 6.07) is 4.65. The summed E-state index contributed by atoms with van der Waals surface area (Å²) >= 11 is 7.72. The van der Waals surface area contributed by atoms with Gasteiger partial charge < -0.3 is 5.73 Å². The molecular formula is C8H7BrFN3S. The summed E-state index contributed by atoms with van der Waals surface area (Å²) in [5.41, 5.74) is 7.82. The molecule has 1 aromatic carbocycles. The zero-order chi connectivity index (χ0) is 10.6. The maximum absolute atomic E-state index is 13.2. The van der Waals surface area contributed by atoms with E-state index in [1.807, 2.05) is 0 Å². The van der Waals surface area contributed by atoms with Crippen LogP contribution in [0, 0.1) is 5.82 Å². The molecule has 74 valence electrons. The fourth-order valence-corrected chi connectivity index (χ4v) is 1.29. The lowest BCUT2D eigenvalue weighted by Gasteiger charge is -1.99. The molecule has 6 heteroatoms. The van der Waals surface area contributed by atoms with E-state index in [0.717, 1.165) is 0 Å². The first kappa shape index (κ1) is 11.1. The molecule has 0 aliphatic carbocycles. The van der Waals surface area contributed by atoms with Crippen molar-refractivity contribution >= 4 is 39.5 Å². The highest BCUT2D eigenvalue weighted by Crippen LogP contribution is 2.17. The minimum absolute atomic E-state index is 0.0358. The number of nitrogens with zero attached hydrogens (tertiary/aromatic N) is 1. The lowest BCUT2D eigenvalue weighted by molar-refractivity contribution is 0.625. The highest BCUT2D eigenvalue weighted by molar-refractivity contribution is 9.10. The van der Waals surface area contributed by atoms with Gasteiger partial charge in [-0.2, -0.15) is 5.10 Å². The van der Waals surface area contributed by atoms with Crippen molar-refractivity contribution in [3.8, 4) is 0 Å². The van der Waals surface area contributed by atoms with Gasteiger partial charge in [0.2, 0.25) is 0 Å². The second-order valence-electron chi connectivity index (χ2n) is 2.37. The van der Waals surface area contributed by atoms with Crippen molar-refractivity contribution in [1.29, 1.82) is 0 Å². The van der Waals surface area contributed by atoms with Gasteiger partial charge in [-0.05, 0) is 24.4 Å². The molecule has 0 fully saturated rings. The van der Waals surface area contributed by atoms with Gasteiger partial charge in [-0.1, -0.05) is 22.0 Å². The lowest BCUT2D eigenvalue weighted by atomic mass is 10.2. The van der Waals surface area contributed by atoms with Crippen molar-refractivity contribution in [3.05, 3.63) is 34.1 Å². The zero-order valence-electron chi connectivity index (χ0n) is 7.00. The van der Waals surface area contributed by atoms with Crippen molar-refractivity contribution in [1.82, 2.24) is 5.43 Å². The van der Waals surface area contributed by atoms with Crippen LogP contribution in [-0.2, 0) is 0 Å². The highest BCUT2D eigenvalue weighted by Gasteiger charge is 2.02. The Labute approximate surface area is 94.3 Å². The van der Waals surface area contributed by atoms with Gasteiger partial charge >= 0.3 is 0 Å². The molecule has 0 aliphatic heterocycles. The molecule has 0 bridgehead atoms. The molecule has 0 radical (unpaired) electrons. The number of nitrogens with one attached hydrogen (secondary N) is 1. The van der Waals surface area contributed by atoms with Crippen LogP contribution in [0.1, 0.15) is 5.56 Å². The van der Waals surface area contributed by atoms with Crippen LogP contribution in [0.4, 0.5) is 4.39 Å². The molecular weight excluding hydrogens is 269 g/mol. The van der Waals surface area contributed by atoms with E-state index in [1.165, 1.54) is 12.3 Å². The van der Waals surface area contributed by atoms with Gasteiger partial charge in [0.15, 0.2) is 5.11 Å². The van der Waals surface area contributed by atoms with Gasteiger partial charge in [-0.15, -0.1) is 0 Å². The number of hydrogen-bond acceptors (Lipinski definition) is 2. The number of hydrogen-bond donors (Lipinski definition) is 2. The Morgan fingerprint density at radius 3 is 2.93 bits per heavy atom. The topological polar surface area (TPSA) is 50.4 Å². The minimum atomic E-state index is -0.368. The fourth-order valence-electron chi connectivity index (χ4n) is 0.794. The first-order chi connectivity index (χ1) is 6.61. The summed E-state index contributed by atoms with van der Waals surface area (Å²) in [4.78, 5) is 0. The Bertz CT molecular complexity index is 361. The molecule has 0 atom stereocenters. The van der Waals surface area contributed by atoms with Gasteiger partial charge in [0.1, 0.15) is 5.82 Å². The third-order valence-corrected chi connectivity index (χ3v) is 2.15. The van der Waals surface area contributed by atoms with Crippen LogP contribution in [0.25, 0.3) is 0 Å². The van der Waals surface area contributed by atoms with E-state index in [-0.39, 0.29) is 10.9 Å². The molecule has 0 amide bonds. The standard InChI is InChI=1S/C8H7BrFN3S/c9-6-2-1-3-7(10)5(6)4-12-13-8(11)14/h1-4H,(H3,11,13,14). The SMILES string of the molecule is NC(=S)NN=Cc1c(F)cccc1Br. The van der Waals surface area contributed by atoms with Crippen molar-refractivity contribution < 1.29 is 4.39 Å². The van der Waals surface area contributed by atoms with Crippen molar-refractivity contribution in [3.63, 3.8) is 0 Å². The van der Waals surface area contributed by atoms with E-state index in [2.05, 4.69) is 38.7 Å². The van der Waals surface area contributed by atoms with E-state index < -0.39 is 0 Å². The smallest absolute Gasteiger partial charge is 0.184 e. The van der Waals surface area contributed by atoms with E-state index >= 15 is 0 Å². The number of halogens is 2. The molecule has 0 unspecified atom stereocenters. The van der Waals surface area contributed by atoms with Crippen LogP contribution in [0.2, 0.25) is 0 Å². The van der Waals surface area contributed by atoms with Crippen LogP contribution in [0.5, 0.6) is 0 Å². The van der Waals surface area contributed by atoms with Crippen molar-refractivity contribution in [2.45, 2.75) is 0 Å². The van der Waals surface area contributed by atoms with Crippen LogP contribution in [-0.4, -0.2) is 11.3 Å². The van der Waals surface area contributed by atoms with Crippen molar-refractivity contribution in [2.24, 2.45) is 10.8 Å². The molecule has 3 N–H and O–H groups in total. The summed E-state index contributed by atoms with van der Waals surface area (Å²) in [6.07, 6.45) is 1.30. The molecule has 0 aromatic heterocycles. The maximum atomic E-state index is 13.2. The first-order valence-corrected chi connectivity index (χ1v) is 4.84. The summed E-state index contributed by atoms with van der Waals surface area (Å²) in [6.45, 7) is 0. The quantitative estimate of drug-likeness (QED) is 0.491. The van der Waals surface area contributed by atoms with Gasteiger partial charge in [0, 0.05) is 10.0 Å². The van der Waals surface area contributed by atoms with Crippen molar-refractivity contribution in [2.75, 3.05) is 0 Å². The van der Waals surface area contributed by atoms with E-state index in [1.54, 1.807) is 12.1 Å². The first-order valence-electron chi connectivity index (χ1n) is 3.64. The van der Waals surface area contributed by atoms with Gasteiger partial charge in [-0.3, -0.25) is 5.43 Å². The Morgan fingerprint density at radius 2 is 2.36 bits per heavy atom. The Morgan fingerprint density at radius 1 is 1.64 bits per heavy atom. The zero-order valence-corrected chi connectivity index (χ0v) is 9.40. The van der Waals surface area contributed by atoms with E-state index in [9.17, 15) is 4.39 Å². The maximum Gasteiger partial charge on any atom is 0.184 e. The predicted molar refractivity (Wildman–Crippen MR) is 61.6 cm³/mol. The van der Waals surface area contributed by atoms with Crippen LogP contribution in [0.15, 0.2) is 27.8 Å². The average molecular weight is 276 g/mol. The number of nitrogens with two attached hydrogens (primary N) is 1. The van der Waals surface area contributed by atoms with Crippen LogP contribution in [0.3, 0.4) is 0 Å². The second-order valence-corrected chi connectivity index (χ2v) is 3.66. The minimum Gasteiger partial charge on any atom is -0.375 e. The summed E-state index contributed by atoms with van der Waals surface area (Å²) in [5, 5.41) is 3.69. The molecule has 0 saturated carbocycles. The molecule has 14 heavy (non-hydrogen) atoms. The second kappa shape index (κ2) is 5.02. The third kappa shape index (κ3) is 3.04. The van der Waals surface area contributed by atoms with Gasteiger partial charge in [0.05, 0.1) is 6.21 Å². The molecule has 0 heterocycles. The molecule has 1 aromatic rings. The number of hydrazone groups is 1. The summed E-state index contributed by atoms with van der Waals surface area (Å²) in [5.74, 6) is -0.368. The largest absolute Gasteiger partial charge is 0.375 e. The summed E-state index contributed by atoms with van der Waals surface area (Å²) in [7, 11) is 0. The van der Waals surface area contributed by atoms with E-state index in [4.69, 9.17) is 5.73 Å². The van der Waals surface area contributed by atoms with Crippen LogP contribution >= 0.6 is 28.1 Å². The van der Waals surface area contributed by atoms with Gasteiger partial charge in [0.25, 0.3) is 0 Å². The Kier molecular flexibility index (Phi) is 3.97. The summed E-state index contributed by atoms with van der Waals surface area (Å²) < 4.78 is 13.8. The monoisotopic (exact) mass is 275 g/mol. The number of benzene rings is 1. The lowest BCUT2D eigenvalue weighted by Crippen LogP contribution is -2.24. The molecule has 1 rings (SSSR count). The highest BCUT2D eigenvalue weighted by atomic mass is 79.9. The van der Waals surface area contributed by atoms with Crippen LogP contribution < -0.4 is 11.2 Å². The third-order valence-electron chi connectivity index (χ3n) is 1.37. The normalized spacial score (nSPS) is 10.4. The number of rotatable bonds is 2. The predicted octanol–water partition coefficient (Wildman–Crippen LogP) is 1.76.